The van der Waals surface area contributed by atoms with Crippen molar-refractivity contribution in [1.82, 2.24) is 0 Å². The maximum absolute atomic E-state index is 11.3. The van der Waals surface area contributed by atoms with Crippen molar-refractivity contribution >= 4 is 27.3 Å². The van der Waals surface area contributed by atoms with Crippen molar-refractivity contribution < 1.29 is 4.92 Å². The van der Waals surface area contributed by atoms with Crippen LogP contribution in [0.3, 0.4) is 0 Å². The second kappa shape index (κ2) is 7.22. The summed E-state index contributed by atoms with van der Waals surface area (Å²) >= 11 is 3.30. The molecule has 0 heterocycles. The molecule has 0 unspecified atom stereocenters. The Morgan fingerprint density at radius 2 is 1.90 bits per heavy atom. The van der Waals surface area contributed by atoms with Crippen LogP contribution in [0.15, 0.2) is 53.0 Å². The van der Waals surface area contributed by atoms with Crippen LogP contribution in [0.5, 0.6) is 0 Å². The normalized spacial score (nSPS) is 10.4. The van der Waals surface area contributed by atoms with Crippen molar-refractivity contribution in [2.45, 2.75) is 19.9 Å². The van der Waals surface area contributed by atoms with Crippen LogP contribution in [-0.4, -0.2) is 11.5 Å². The predicted octanol–water partition coefficient (Wildman–Crippen LogP) is 4.77. The Hall–Kier alpha value is -1.88. The highest BCUT2D eigenvalue weighted by atomic mass is 79.9. The number of nitrogens with zero attached hydrogens (tertiary/aromatic N) is 2. The quantitative estimate of drug-likeness (QED) is 0.557. The molecule has 21 heavy (non-hydrogen) atoms. The zero-order valence-electron chi connectivity index (χ0n) is 11.8. The molecule has 0 spiro atoms. The lowest BCUT2D eigenvalue weighted by atomic mass is 10.1. The fourth-order valence-electron chi connectivity index (χ4n) is 2.27. The minimum atomic E-state index is -0.326. The molecule has 5 heteroatoms. The van der Waals surface area contributed by atoms with E-state index in [2.05, 4.69) is 27.8 Å². The first-order chi connectivity index (χ1) is 10.1. The molecule has 0 saturated carbocycles. The molecule has 0 aliphatic rings. The number of benzene rings is 2. The zero-order valence-corrected chi connectivity index (χ0v) is 13.4. The Bertz CT molecular complexity index is 617. The Labute approximate surface area is 132 Å². The van der Waals surface area contributed by atoms with Gasteiger partial charge < -0.3 is 4.90 Å². The van der Waals surface area contributed by atoms with Crippen LogP contribution in [-0.2, 0) is 6.54 Å². The van der Waals surface area contributed by atoms with Crippen LogP contribution in [0, 0.1) is 10.1 Å². The number of nitro groups is 1. The molecule has 2 aromatic rings. The van der Waals surface area contributed by atoms with Gasteiger partial charge in [0.25, 0.3) is 5.69 Å². The first kappa shape index (κ1) is 15.5. The Balaban J connectivity index is 2.36. The average Bonchev–Trinajstić information content (AvgIpc) is 2.48. The fraction of sp³-hybridized carbons (Fsp3) is 0.250. The van der Waals surface area contributed by atoms with Crippen molar-refractivity contribution in [2.24, 2.45) is 0 Å². The molecule has 0 atom stereocenters. The van der Waals surface area contributed by atoms with Gasteiger partial charge in [0.1, 0.15) is 5.69 Å². The third kappa shape index (κ3) is 4.04. The van der Waals surface area contributed by atoms with E-state index in [1.807, 2.05) is 36.4 Å². The van der Waals surface area contributed by atoms with Crippen molar-refractivity contribution in [3.63, 3.8) is 0 Å². The molecular weight excluding hydrogens is 332 g/mol. The molecule has 0 aliphatic heterocycles. The monoisotopic (exact) mass is 348 g/mol. The van der Waals surface area contributed by atoms with Crippen LogP contribution in [0.2, 0.25) is 0 Å². The van der Waals surface area contributed by atoms with Crippen molar-refractivity contribution in [1.29, 1.82) is 0 Å². The van der Waals surface area contributed by atoms with Gasteiger partial charge in [0.2, 0.25) is 0 Å². The van der Waals surface area contributed by atoms with Crippen molar-refractivity contribution in [3.8, 4) is 0 Å². The van der Waals surface area contributed by atoms with Gasteiger partial charge in [0, 0.05) is 23.6 Å². The maximum atomic E-state index is 11.3. The maximum Gasteiger partial charge on any atom is 0.293 e. The SMILES string of the molecule is CCCN(Cc1ccccc1)c1ccc(Br)cc1[N+](=O)[O-]. The minimum Gasteiger partial charge on any atom is -0.362 e. The van der Waals surface area contributed by atoms with Crippen LogP contribution in [0.25, 0.3) is 0 Å². The lowest BCUT2D eigenvalue weighted by Gasteiger charge is -2.24. The fourth-order valence-corrected chi connectivity index (χ4v) is 2.62. The van der Waals surface area contributed by atoms with E-state index in [9.17, 15) is 10.1 Å². The summed E-state index contributed by atoms with van der Waals surface area (Å²) in [5.41, 5.74) is 1.94. The van der Waals surface area contributed by atoms with Gasteiger partial charge in [-0.05, 0) is 24.1 Å². The molecule has 0 saturated heterocycles. The predicted molar refractivity (Wildman–Crippen MR) is 88.6 cm³/mol. The molecule has 0 bridgehead atoms. The van der Waals surface area contributed by atoms with E-state index in [4.69, 9.17) is 0 Å². The van der Waals surface area contributed by atoms with E-state index in [0.717, 1.165) is 18.5 Å². The van der Waals surface area contributed by atoms with Gasteiger partial charge in [-0.3, -0.25) is 10.1 Å². The highest BCUT2D eigenvalue weighted by molar-refractivity contribution is 9.10. The third-order valence-corrected chi connectivity index (χ3v) is 3.68. The second-order valence-electron chi connectivity index (χ2n) is 4.80. The molecule has 0 aliphatic carbocycles. The first-order valence-corrected chi connectivity index (χ1v) is 7.64. The Morgan fingerprint density at radius 1 is 1.19 bits per heavy atom. The molecule has 0 fully saturated rings. The van der Waals surface area contributed by atoms with Crippen LogP contribution in [0.4, 0.5) is 11.4 Å². The number of anilines is 1. The van der Waals surface area contributed by atoms with E-state index >= 15 is 0 Å². The molecule has 2 aromatic carbocycles. The topological polar surface area (TPSA) is 46.4 Å². The third-order valence-electron chi connectivity index (χ3n) is 3.18. The number of hydrogen-bond donors (Lipinski definition) is 0. The van der Waals surface area contributed by atoms with Gasteiger partial charge in [-0.1, -0.05) is 53.2 Å². The summed E-state index contributed by atoms with van der Waals surface area (Å²) in [7, 11) is 0. The zero-order chi connectivity index (χ0) is 15.2. The van der Waals surface area contributed by atoms with E-state index in [1.165, 1.54) is 0 Å². The van der Waals surface area contributed by atoms with Gasteiger partial charge in [0.15, 0.2) is 0 Å². The summed E-state index contributed by atoms with van der Waals surface area (Å²) in [6.07, 6.45) is 0.931. The number of nitro benzene ring substituents is 1. The van der Waals surface area contributed by atoms with Crippen LogP contribution < -0.4 is 4.90 Å². The summed E-state index contributed by atoms with van der Waals surface area (Å²) in [4.78, 5) is 13.0. The Kier molecular flexibility index (Phi) is 5.33. The number of rotatable bonds is 6. The molecule has 110 valence electrons. The Morgan fingerprint density at radius 3 is 2.52 bits per heavy atom. The van der Waals surface area contributed by atoms with E-state index in [-0.39, 0.29) is 10.6 Å². The number of halogens is 1. The second-order valence-corrected chi connectivity index (χ2v) is 5.71. The largest absolute Gasteiger partial charge is 0.362 e. The first-order valence-electron chi connectivity index (χ1n) is 6.84. The van der Waals surface area contributed by atoms with E-state index in [1.54, 1.807) is 12.1 Å². The van der Waals surface area contributed by atoms with Crippen molar-refractivity contribution in [2.75, 3.05) is 11.4 Å². The molecule has 2 rings (SSSR count). The summed E-state index contributed by atoms with van der Waals surface area (Å²) in [6.45, 7) is 3.51. The van der Waals surface area contributed by atoms with Gasteiger partial charge in [-0.15, -0.1) is 0 Å². The van der Waals surface area contributed by atoms with Gasteiger partial charge in [-0.25, -0.2) is 0 Å². The lowest BCUT2D eigenvalue weighted by Crippen LogP contribution is -2.24. The highest BCUT2D eigenvalue weighted by Crippen LogP contribution is 2.32. The highest BCUT2D eigenvalue weighted by Gasteiger charge is 2.19. The van der Waals surface area contributed by atoms with Gasteiger partial charge in [0.05, 0.1) is 4.92 Å². The molecule has 0 N–H and O–H groups in total. The van der Waals surface area contributed by atoms with Gasteiger partial charge >= 0.3 is 0 Å². The van der Waals surface area contributed by atoms with Crippen molar-refractivity contribution in [3.05, 3.63) is 68.7 Å². The molecule has 0 aromatic heterocycles. The molecule has 0 amide bonds. The molecular formula is C16H17BrN2O2. The smallest absolute Gasteiger partial charge is 0.293 e. The standard InChI is InChI=1S/C16H17BrN2O2/c1-2-10-18(12-13-6-4-3-5-7-13)15-9-8-14(17)11-16(15)19(20)21/h3-9,11H,2,10,12H2,1H3. The van der Waals surface area contributed by atoms with E-state index < -0.39 is 0 Å². The summed E-state index contributed by atoms with van der Waals surface area (Å²) in [6, 6.07) is 15.2. The molecule has 4 nitrogen and oxygen atoms in total. The van der Waals surface area contributed by atoms with E-state index in [0.29, 0.717) is 16.7 Å². The summed E-state index contributed by atoms with van der Waals surface area (Å²) < 4.78 is 0.717. The van der Waals surface area contributed by atoms with Gasteiger partial charge in [-0.2, -0.15) is 0 Å². The number of hydrogen-bond acceptors (Lipinski definition) is 3. The average molecular weight is 349 g/mol. The summed E-state index contributed by atoms with van der Waals surface area (Å²) in [5.74, 6) is 0. The molecule has 0 radical (unpaired) electrons. The van der Waals surface area contributed by atoms with Crippen LogP contribution >= 0.6 is 15.9 Å². The lowest BCUT2D eigenvalue weighted by molar-refractivity contribution is -0.384. The minimum absolute atomic E-state index is 0.133. The van der Waals surface area contributed by atoms with Crippen LogP contribution in [0.1, 0.15) is 18.9 Å². The summed E-state index contributed by atoms with van der Waals surface area (Å²) in [5, 5.41) is 11.3.